The maximum atomic E-state index is 13.0. The summed E-state index contributed by atoms with van der Waals surface area (Å²) >= 11 is 0. The molecule has 3 aromatic rings. The van der Waals surface area contributed by atoms with Crippen LogP contribution in [0.25, 0.3) is 21.8 Å². The maximum absolute atomic E-state index is 13.0. The van der Waals surface area contributed by atoms with Crippen molar-refractivity contribution in [1.29, 1.82) is 0 Å². The SMILES string of the molecule is CC(=O)N1CCN(CCCCC(=O)n2c3ccccc3c3ccccc32)CC1.Cl. The van der Waals surface area contributed by atoms with Gasteiger partial charge in [0.05, 0.1) is 11.0 Å². The normalized spacial score (nSPS) is 14.9. The quantitative estimate of drug-likeness (QED) is 0.589. The molecule has 0 atom stereocenters. The maximum Gasteiger partial charge on any atom is 0.231 e. The molecule has 0 radical (unpaired) electrons. The third-order valence-corrected chi connectivity index (χ3v) is 5.76. The summed E-state index contributed by atoms with van der Waals surface area (Å²) in [6.07, 6.45) is 2.44. The van der Waals surface area contributed by atoms with Crippen molar-refractivity contribution in [3.63, 3.8) is 0 Å². The molecule has 0 spiro atoms. The lowest BCUT2D eigenvalue weighted by Gasteiger charge is -2.34. The topological polar surface area (TPSA) is 45.6 Å². The van der Waals surface area contributed by atoms with Gasteiger partial charge in [0.1, 0.15) is 0 Å². The number of unbranched alkanes of at least 4 members (excludes halogenated alkanes) is 1. The summed E-state index contributed by atoms with van der Waals surface area (Å²) in [5.74, 6) is 0.329. The molecule has 1 aliphatic rings. The molecule has 6 heteroatoms. The number of hydrogen-bond acceptors (Lipinski definition) is 3. The van der Waals surface area contributed by atoms with Crippen molar-refractivity contribution in [2.75, 3.05) is 32.7 Å². The molecular weight excluding hydrogens is 386 g/mol. The number of rotatable bonds is 5. The number of para-hydroxylation sites is 2. The van der Waals surface area contributed by atoms with Gasteiger partial charge in [-0.15, -0.1) is 12.4 Å². The Labute approximate surface area is 177 Å². The first-order valence-corrected chi connectivity index (χ1v) is 10.1. The highest BCUT2D eigenvalue weighted by molar-refractivity contribution is 6.13. The molecule has 29 heavy (non-hydrogen) atoms. The average molecular weight is 414 g/mol. The van der Waals surface area contributed by atoms with Gasteiger partial charge in [-0.1, -0.05) is 36.4 Å². The summed E-state index contributed by atoms with van der Waals surface area (Å²) in [5, 5.41) is 2.27. The zero-order valence-corrected chi connectivity index (χ0v) is 17.7. The fraction of sp³-hybridized carbons (Fsp3) is 0.391. The van der Waals surface area contributed by atoms with E-state index in [9.17, 15) is 9.59 Å². The van der Waals surface area contributed by atoms with Crippen molar-refractivity contribution in [1.82, 2.24) is 14.4 Å². The largest absolute Gasteiger partial charge is 0.340 e. The molecule has 0 saturated carbocycles. The minimum absolute atomic E-state index is 0. The van der Waals surface area contributed by atoms with Crippen LogP contribution in [0.4, 0.5) is 0 Å². The smallest absolute Gasteiger partial charge is 0.231 e. The van der Waals surface area contributed by atoms with Gasteiger partial charge < -0.3 is 4.90 Å². The van der Waals surface area contributed by atoms with Gasteiger partial charge >= 0.3 is 0 Å². The van der Waals surface area contributed by atoms with Crippen LogP contribution in [0.5, 0.6) is 0 Å². The second kappa shape index (κ2) is 9.42. The average Bonchev–Trinajstić information content (AvgIpc) is 3.06. The molecule has 0 aliphatic carbocycles. The van der Waals surface area contributed by atoms with Crippen molar-refractivity contribution in [3.05, 3.63) is 48.5 Å². The molecule has 154 valence electrons. The highest BCUT2D eigenvalue weighted by Gasteiger charge is 2.18. The van der Waals surface area contributed by atoms with Gasteiger partial charge in [-0.05, 0) is 31.5 Å². The van der Waals surface area contributed by atoms with E-state index in [2.05, 4.69) is 17.0 Å². The Hall–Kier alpha value is -2.37. The van der Waals surface area contributed by atoms with Crippen LogP contribution in [0.1, 0.15) is 31.0 Å². The van der Waals surface area contributed by atoms with E-state index >= 15 is 0 Å². The first-order chi connectivity index (χ1) is 13.6. The molecular formula is C23H28ClN3O2. The lowest BCUT2D eigenvalue weighted by Crippen LogP contribution is -2.48. The zero-order valence-electron chi connectivity index (χ0n) is 16.8. The lowest BCUT2D eigenvalue weighted by atomic mass is 10.2. The third-order valence-electron chi connectivity index (χ3n) is 5.76. The predicted octanol–water partition coefficient (Wildman–Crippen LogP) is 4.19. The van der Waals surface area contributed by atoms with Crippen LogP contribution in [-0.4, -0.2) is 58.9 Å². The van der Waals surface area contributed by atoms with E-state index in [1.54, 1.807) is 6.92 Å². The molecule has 1 aliphatic heterocycles. The Balaban J connectivity index is 0.00000240. The van der Waals surface area contributed by atoms with E-state index in [-0.39, 0.29) is 24.2 Å². The summed E-state index contributed by atoms with van der Waals surface area (Å²) in [6.45, 7) is 6.12. The molecule has 1 amide bonds. The second-order valence-electron chi connectivity index (χ2n) is 7.57. The minimum Gasteiger partial charge on any atom is -0.340 e. The fourth-order valence-electron chi connectivity index (χ4n) is 4.20. The number of piperazine rings is 1. The predicted molar refractivity (Wildman–Crippen MR) is 120 cm³/mol. The van der Waals surface area contributed by atoms with Gasteiger partial charge in [0, 0.05) is 50.3 Å². The summed E-state index contributed by atoms with van der Waals surface area (Å²) in [5.41, 5.74) is 1.99. The second-order valence-corrected chi connectivity index (χ2v) is 7.57. The van der Waals surface area contributed by atoms with Crippen LogP contribution in [0.3, 0.4) is 0 Å². The van der Waals surface area contributed by atoms with Crippen LogP contribution >= 0.6 is 12.4 Å². The number of carbonyl (C=O) groups is 2. The number of hydrogen-bond donors (Lipinski definition) is 0. The van der Waals surface area contributed by atoms with Crippen molar-refractivity contribution >= 4 is 46.0 Å². The van der Waals surface area contributed by atoms with Crippen LogP contribution in [0.2, 0.25) is 0 Å². The fourth-order valence-corrected chi connectivity index (χ4v) is 4.20. The number of carbonyl (C=O) groups excluding carboxylic acids is 2. The minimum atomic E-state index is 0. The molecule has 0 unspecified atom stereocenters. The Morgan fingerprint density at radius 3 is 1.93 bits per heavy atom. The zero-order chi connectivity index (χ0) is 19.5. The Kier molecular flexibility index (Phi) is 6.93. The van der Waals surface area contributed by atoms with E-state index in [0.717, 1.165) is 67.4 Å². The van der Waals surface area contributed by atoms with Crippen LogP contribution in [0.15, 0.2) is 48.5 Å². The first kappa shape index (κ1) is 21.3. The number of amides is 1. The Bertz CT molecular complexity index is 952. The van der Waals surface area contributed by atoms with Crippen molar-refractivity contribution in [2.45, 2.75) is 26.2 Å². The van der Waals surface area contributed by atoms with Crippen LogP contribution in [0, 0.1) is 0 Å². The Morgan fingerprint density at radius 2 is 1.38 bits per heavy atom. The molecule has 1 fully saturated rings. The van der Waals surface area contributed by atoms with Gasteiger partial charge in [-0.3, -0.25) is 19.1 Å². The van der Waals surface area contributed by atoms with Gasteiger partial charge in [0.15, 0.2) is 0 Å². The molecule has 1 aromatic heterocycles. The Morgan fingerprint density at radius 1 is 0.828 bits per heavy atom. The van der Waals surface area contributed by atoms with Crippen LogP contribution in [-0.2, 0) is 4.79 Å². The van der Waals surface area contributed by atoms with Crippen molar-refractivity contribution in [3.8, 4) is 0 Å². The van der Waals surface area contributed by atoms with E-state index in [1.807, 2.05) is 45.9 Å². The third kappa shape index (κ3) is 4.46. The van der Waals surface area contributed by atoms with E-state index in [4.69, 9.17) is 0 Å². The summed E-state index contributed by atoms with van der Waals surface area (Å²) in [6, 6.07) is 16.3. The number of halogens is 1. The number of benzene rings is 2. The number of fused-ring (bicyclic) bond motifs is 3. The monoisotopic (exact) mass is 413 g/mol. The molecule has 2 aromatic carbocycles. The highest BCUT2D eigenvalue weighted by atomic mass is 35.5. The summed E-state index contributed by atoms with van der Waals surface area (Å²) in [4.78, 5) is 28.7. The van der Waals surface area contributed by atoms with Crippen LogP contribution < -0.4 is 0 Å². The summed E-state index contributed by atoms with van der Waals surface area (Å²) < 4.78 is 1.89. The standard InChI is InChI=1S/C23H27N3O2.ClH/c1-18(27)25-16-14-24(15-17-25)13-7-6-12-23(28)26-21-10-4-2-8-19(21)20-9-3-5-11-22(20)26;/h2-5,8-11H,6-7,12-17H2,1H3;1H. The number of aromatic nitrogens is 1. The van der Waals surface area contributed by atoms with Crippen molar-refractivity contribution < 1.29 is 9.59 Å². The molecule has 0 N–H and O–H groups in total. The molecule has 0 bridgehead atoms. The number of nitrogens with zero attached hydrogens (tertiary/aromatic N) is 3. The van der Waals surface area contributed by atoms with Gasteiger partial charge in [-0.2, -0.15) is 0 Å². The molecule has 1 saturated heterocycles. The van der Waals surface area contributed by atoms with Gasteiger partial charge in [-0.25, -0.2) is 0 Å². The summed E-state index contributed by atoms with van der Waals surface area (Å²) in [7, 11) is 0. The van der Waals surface area contributed by atoms with E-state index in [0.29, 0.717) is 6.42 Å². The van der Waals surface area contributed by atoms with Gasteiger partial charge in [0.2, 0.25) is 11.8 Å². The van der Waals surface area contributed by atoms with Crippen molar-refractivity contribution in [2.24, 2.45) is 0 Å². The molecule has 2 heterocycles. The van der Waals surface area contributed by atoms with E-state index < -0.39 is 0 Å². The van der Waals surface area contributed by atoms with Gasteiger partial charge in [0.25, 0.3) is 0 Å². The molecule has 4 rings (SSSR count). The first-order valence-electron chi connectivity index (χ1n) is 10.1. The lowest BCUT2D eigenvalue weighted by molar-refractivity contribution is -0.130. The van der Waals surface area contributed by atoms with E-state index in [1.165, 1.54) is 0 Å². The highest BCUT2D eigenvalue weighted by Crippen LogP contribution is 2.29. The molecule has 5 nitrogen and oxygen atoms in total.